The molecule has 0 aromatic heterocycles. The number of likely N-dealkylation sites (N-methyl/N-ethyl adjacent to an activating group) is 1. The number of rotatable bonds is 7. The summed E-state index contributed by atoms with van der Waals surface area (Å²) in [5, 5.41) is 2.91. The first-order chi connectivity index (χ1) is 9.05. The summed E-state index contributed by atoms with van der Waals surface area (Å²) in [4.78, 5) is 11.7. The summed E-state index contributed by atoms with van der Waals surface area (Å²) in [6.07, 6.45) is 0. The number of hydrogen-bond acceptors (Lipinski definition) is 5. The van der Waals surface area contributed by atoms with E-state index < -0.39 is 5.54 Å². The SMILES string of the molecule is CCOc1cccc(OCC(C)(NC)C(=O)OC)c1. The Morgan fingerprint density at radius 2 is 1.95 bits per heavy atom. The van der Waals surface area contributed by atoms with Crippen molar-refractivity contribution < 1.29 is 19.0 Å². The van der Waals surface area contributed by atoms with Gasteiger partial charge in [0.25, 0.3) is 0 Å². The minimum Gasteiger partial charge on any atom is -0.494 e. The molecule has 1 rings (SSSR count). The Kier molecular flexibility index (Phi) is 5.63. The number of carbonyl (C=O) groups is 1. The highest BCUT2D eigenvalue weighted by molar-refractivity contribution is 5.80. The molecular formula is C14H21NO4. The van der Waals surface area contributed by atoms with Gasteiger partial charge >= 0.3 is 5.97 Å². The number of carbonyl (C=O) groups excluding carboxylic acids is 1. The summed E-state index contributed by atoms with van der Waals surface area (Å²) in [5.74, 6) is 1.02. The van der Waals surface area contributed by atoms with Gasteiger partial charge in [-0.05, 0) is 33.0 Å². The molecule has 5 heteroatoms. The molecule has 0 heterocycles. The first-order valence-electron chi connectivity index (χ1n) is 6.18. The van der Waals surface area contributed by atoms with E-state index in [0.717, 1.165) is 5.75 Å². The van der Waals surface area contributed by atoms with Gasteiger partial charge in [-0.25, -0.2) is 4.79 Å². The molecule has 1 unspecified atom stereocenters. The molecule has 106 valence electrons. The Labute approximate surface area is 113 Å². The number of ether oxygens (including phenoxy) is 3. The van der Waals surface area contributed by atoms with Crippen LogP contribution < -0.4 is 14.8 Å². The number of benzene rings is 1. The molecule has 19 heavy (non-hydrogen) atoms. The molecule has 0 aliphatic heterocycles. The largest absolute Gasteiger partial charge is 0.494 e. The Hall–Kier alpha value is -1.75. The zero-order chi connectivity index (χ0) is 14.3. The minimum absolute atomic E-state index is 0.172. The van der Waals surface area contributed by atoms with Gasteiger partial charge in [-0.1, -0.05) is 6.07 Å². The van der Waals surface area contributed by atoms with Crippen molar-refractivity contribution in [2.24, 2.45) is 0 Å². The third-order valence-electron chi connectivity index (χ3n) is 2.83. The second-order valence-electron chi connectivity index (χ2n) is 4.27. The fourth-order valence-electron chi connectivity index (χ4n) is 1.51. The van der Waals surface area contributed by atoms with Crippen LogP contribution in [0.15, 0.2) is 24.3 Å². The van der Waals surface area contributed by atoms with Crippen LogP contribution in [0.25, 0.3) is 0 Å². The Morgan fingerprint density at radius 1 is 1.32 bits per heavy atom. The molecule has 0 spiro atoms. The average Bonchev–Trinajstić information content (AvgIpc) is 2.44. The number of hydrogen-bond donors (Lipinski definition) is 1. The topological polar surface area (TPSA) is 56.8 Å². The van der Waals surface area contributed by atoms with Crippen LogP contribution in [0, 0.1) is 0 Å². The van der Waals surface area contributed by atoms with Crippen LogP contribution in [0.3, 0.4) is 0 Å². The molecule has 5 nitrogen and oxygen atoms in total. The highest BCUT2D eigenvalue weighted by atomic mass is 16.5. The summed E-state index contributed by atoms with van der Waals surface area (Å²) in [6, 6.07) is 7.30. The lowest BCUT2D eigenvalue weighted by molar-refractivity contribution is -0.148. The van der Waals surface area contributed by atoms with Crippen LogP contribution in [0.4, 0.5) is 0 Å². The van der Waals surface area contributed by atoms with Crippen LogP contribution in [0.2, 0.25) is 0 Å². The van der Waals surface area contributed by atoms with Gasteiger partial charge < -0.3 is 19.5 Å². The number of esters is 1. The van der Waals surface area contributed by atoms with Gasteiger partial charge in [0.05, 0.1) is 13.7 Å². The molecule has 0 saturated carbocycles. The molecule has 1 aromatic carbocycles. The molecule has 0 radical (unpaired) electrons. The molecule has 0 fully saturated rings. The molecular weight excluding hydrogens is 246 g/mol. The third-order valence-corrected chi connectivity index (χ3v) is 2.83. The van der Waals surface area contributed by atoms with Crippen LogP contribution >= 0.6 is 0 Å². The first kappa shape index (κ1) is 15.3. The third kappa shape index (κ3) is 4.13. The Balaban J connectivity index is 2.69. The van der Waals surface area contributed by atoms with Gasteiger partial charge in [0.1, 0.15) is 23.6 Å². The summed E-state index contributed by atoms with van der Waals surface area (Å²) in [5.41, 5.74) is -0.879. The minimum atomic E-state index is -0.879. The molecule has 1 N–H and O–H groups in total. The van der Waals surface area contributed by atoms with E-state index in [2.05, 4.69) is 5.32 Å². The van der Waals surface area contributed by atoms with Crippen molar-refractivity contribution in [2.45, 2.75) is 19.4 Å². The van der Waals surface area contributed by atoms with E-state index in [-0.39, 0.29) is 12.6 Å². The number of nitrogens with one attached hydrogen (secondary N) is 1. The second kappa shape index (κ2) is 6.99. The van der Waals surface area contributed by atoms with Crippen molar-refractivity contribution in [1.29, 1.82) is 0 Å². The molecule has 1 aromatic rings. The van der Waals surface area contributed by atoms with E-state index in [1.165, 1.54) is 7.11 Å². The van der Waals surface area contributed by atoms with Gasteiger partial charge in [-0.2, -0.15) is 0 Å². The lowest BCUT2D eigenvalue weighted by Gasteiger charge is -2.26. The van der Waals surface area contributed by atoms with Crippen molar-refractivity contribution in [3.8, 4) is 11.5 Å². The van der Waals surface area contributed by atoms with Crippen molar-refractivity contribution in [1.82, 2.24) is 5.32 Å². The van der Waals surface area contributed by atoms with Gasteiger partial charge in [-0.15, -0.1) is 0 Å². The molecule has 1 atom stereocenters. The average molecular weight is 267 g/mol. The summed E-state index contributed by atoms with van der Waals surface area (Å²) >= 11 is 0. The maximum Gasteiger partial charge on any atom is 0.329 e. The van der Waals surface area contributed by atoms with Crippen LogP contribution in [0.1, 0.15) is 13.8 Å². The Morgan fingerprint density at radius 3 is 2.47 bits per heavy atom. The highest BCUT2D eigenvalue weighted by Gasteiger charge is 2.33. The fraction of sp³-hybridized carbons (Fsp3) is 0.500. The van der Waals surface area contributed by atoms with E-state index in [0.29, 0.717) is 12.4 Å². The molecule has 0 aliphatic carbocycles. The highest BCUT2D eigenvalue weighted by Crippen LogP contribution is 2.20. The zero-order valence-corrected chi connectivity index (χ0v) is 11.9. The predicted octanol–water partition coefficient (Wildman–Crippen LogP) is 1.62. The van der Waals surface area contributed by atoms with Gasteiger partial charge in [-0.3, -0.25) is 0 Å². The van der Waals surface area contributed by atoms with Crippen molar-refractivity contribution in [2.75, 3.05) is 27.4 Å². The lowest BCUT2D eigenvalue weighted by atomic mass is 10.1. The molecule has 0 aliphatic rings. The summed E-state index contributed by atoms with van der Waals surface area (Å²) in [7, 11) is 3.05. The quantitative estimate of drug-likeness (QED) is 0.761. The second-order valence-corrected chi connectivity index (χ2v) is 4.27. The van der Waals surface area contributed by atoms with E-state index in [1.807, 2.05) is 25.1 Å². The van der Waals surface area contributed by atoms with Gasteiger partial charge in [0.15, 0.2) is 0 Å². The Bertz CT molecular complexity index is 422. The zero-order valence-electron chi connectivity index (χ0n) is 11.9. The monoisotopic (exact) mass is 267 g/mol. The van der Waals surface area contributed by atoms with Crippen molar-refractivity contribution >= 4 is 5.97 Å². The number of methoxy groups -OCH3 is 1. The summed E-state index contributed by atoms with van der Waals surface area (Å²) < 4.78 is 15.8. The lowest BCUT2D eigenvalue weighted by Crippen LogP contribution is -2.52. The van der Waals surface area contributed by atoms with Crippen molar-refractivity contribution in [3.63, 3.8) is 0 Å². The summed E-state index contributed by atoms with van der Waals surface area (Å²) in [6.45, 7) is 4.42. The normalized spacial score (nSPS) is 13.5. The molecule has 0 amide bonds. The van der Waals surface area contributed by atoms with E-state index >= 15 is 0 Å². The van der Waals surface area contributed by atoms with Crippen LogP contribution in [-0.2, 0) is 9.53 Å². The van der Waals surface area contributed by atoms with Crippen LogP contribution in [-0.4, -0.2) is 38.9 Å². The molecule has 0 bridgehead atoms. The van der Waals surface area contributed by atoms with E-state index in [4.69, 9.17) is 14.2 Å². The van der Waals surface area contributed by atoms with E-state index in [9.17, 15) is 4.79 Å². The van der Waals surface area contributed by atoms with E-state index in [1.54, 1.807) is 20.0 Å². The predicted molar refractivity (Wildman–Crippen MR) is 72.6 cm³/mol. The maximum atomic E-state index is 11.7. The van der Waals surface area contributed by atoms with Gasteiger partial charge in [0, 0.05) is 6.07 Å². The van der Waals surface area contributed by atoms with Gasteiger partial charge in [0.2, 0.25) is 0 Å². The molecule has 0 saturated heterocycles. The van der Waals surface area contributed by atoms with Crippen molar-refractivity contribution in [3.05, 3.63) is 24.3 Å². The first-order valence-corrected chi connectivity index (χ1v) is 6.18. The van der Waals surface area contributed by atoms with Crippen LogP contribution in [0.5, 0.6) is 11.5 Å². The fourth-order valence-corrected chi connectivity index (χ4v) is 1.51. The maximum absolute atomic E-state index is 11.7. The standard InChI is InChI=1S/C14H21NO4/c1-5-18-11-7-6-8-12(9-11)19-10-14(2,15-3)13(16)17-4/h6-9,15H,5,10H2,1-4H3. The smallest absolute Gasteiger partial charge is 0.329 e.